The molecular weight excluding hydrogens is 248 g/mol. The second-order valence-corrected chi connectivity index (χ2v) is 4.89. The number of H-pyrrole nitrogens is 2. The zero-order chi connectivity index (χ0) is 12.5. The number of anilines is 1. The zero-order valence-electron chi connectivity index (χ0n) is 9.77. The van der Waals surface area contributed by atoms with Crippen LogP contribution in [0.4, 0.5) is 5.69 Å². The lowest BCUT2D eigenvalue weighted by Gasteiger charge is -1.91. The normalized spacial score (nSPS) is 11.2. The Balaban J connectivity index is 1.78. The molecule has 7 heteroatoms. The van der Waals surface area contributed by atoms with Crippen molar-refractivity contribution in [3.8, 4) is 0 Å². The lowest BCUT2D eigenvalue weighted by Crippen LogP contribution is -1.84. The average Bonchev–Trinajstić information content (AvgIpc) is 2.92. The van der Waals surface area contributed by atoms with E-state index in [0.717, 1.165) is 33.5 Å². The highest BCUT2D eigenvalue weighted by atomic mass is 32.2. The van der Waals surface area contributed by atoms with Crippen LogP contribution < -0.4 is 5.73 Å². The quantitative estimate of drug-likeness (QED) is 0.493. The van der Waals surface area contributed by atoms with Gasteiger partial charge >= 0.3 is 0 Å². The third-order valence-electron chi connectivity index (χ3n) is 2.47. The van der Waals surface area contributed by atoms with E-state index in [2.05, 4.69) is 25.1 Å². The van der Waals surface area contributed by atoms with Crippen LogP contribution in [0.3, 0.4) is 0 Å². The van der Waals surface area contributed by atoms with E-state index in [1.807, 2.05) is 25.1 Å². The van der Waals surface area contributed by atoms with Gasteiger partial charge < -0.3 is 10.7 Å². The molecule has 0 aliphatic rings. The smallest absolute Gasteiger partial charge is 0.208 e. The van der Waals surface area contributed by atoms with Crippen LogP contribution in [-0.4, -0.2) is 25.1 Å². The summed E-state index contributed by atoms with van der Waals surface area (Å²) in [7, 11) is 0. The third-order valence-corrected chi connectivity index (χ3v) is 3.33. The summed E-state index contributed by atoms with van der Waals surface area (Å²) in [4.78, 5) is 11.9. The first kappa shape index (κ1) is 11.1. The van der Waals surface area contributed by atoms with E-state index in [4.69, 9.17) is 5.73 Å². The highest BCUT2D eigenvalue weighted by Crippen LogP contribution is 2.20. The van der Waals surface area contributed by atoms with E-state index in [9.17, 15) is 0 Å². The molecule has 0 aliphatic heterocycles. The fraction of sp³-hybridized carbons (Fsp3) is 0.182. The van der Waals surface area contributed by atoms with Gasteiger partial charge in [-0.15, -0.1) is 5.10 Å². The number of aromatic nitrogens is 5. The first-order chi connectivity index (χ1) is 8.70. The first-order valence-corrected chi connectivity index (χ1v) is 6.45. The number of hydrogen-bond donors (Lipinski definition) is 3. The summed E-state index contributed by atoms with van der Waals surface area (Å²) in [5.74, 6) is 2.41. The van der Waals surface area contributed by atoms with Crippen molar-refractivity contribution in [2.45, 2.75) is 17.8 Å². The SMILES string of the molecule is Cc1nc(SCc2nc3ccc(N)cc3[nH]2)n[nH]1. The van der Waals surface area contributed by atoms with Crippen molar-refractivity contribution in [2.75, 3.05) is 5.73 Å². The topological polar surface area (TPSA) is 96.3 Å². The summed E-state index contributed by atoms with van der Waals surface area (Å²) in [5, 5.41) is 7.60. The number of hydrogen-bond acceptors (Lipinski definition) is 5. The Morgan fingerprint density at radius 2 is 2.22 bits per heavy atom. The molecule has 3 rings (SSSR count). The van der Waals surface area contributed by atoms with Crippen LogP contribution in [0.5, 0.6) is 0 Å². The highest BCUT2D eigenvalue weighted by Gasteiger charge is 2.06. The minimum Gasteiger partial charge on any atom is -0.399 e. The molecule has 1 aromatic carbocycles. The van der Waals surface area contributed by atoms with Crippen LogP contribution in [0.1, 0.15) is 11.6 Å². The number of thioether (sulfide) groups is 1. The molecular formula is C11H12N6S. The van der Waals surface area contributed by atoms with Crippen molar-refractivity contribution >= 4 is 28.5 Å². The van der Waals surface area contributed by atoms with Crippen molar-refractivity contribution in [3.05, 3.63) is 29.8 Å². The van der Waals surface area contributed by atoms with E-state index in [1.54, 1.807) is 0 Å². The van der Waals surface area contributed by atoms with Crippen LogP contribution in [0.25, 0.3) is 11.0 Å². The standard InChI is InChI=1S/C11H12N6S/c1-6-13-11(17-16-6)18-5-10-14-8-3-2-7(12)4-9(8)15-10/h2-4H,5,12H2,1H3,(H,14,15)(H,13,16,17). The maximum atomic E-state index is 5.72. The molecule has 0 amide bonds. The Hall–Kier alpha value is -2.02. The Bertz CT molecular complexity index is 686. The molecule has 18 heavy (non-hydrogen) atoms. The molecule has 0 saturated heterocycles. The highest BCUT2D eigenvalue weighted by molar-refractivity contribution is 7.98. The Labute approximate surface area is 107 Å². The molecule has 2 aromatic heterocycles. The van der Waals surface area contributed by atoms with Crippen molar-refractivity contribution in [3.63, 3.8) is 0 Å². The Morgan fingerprint density at radius 1 is 1.33 bits per heavy atom. The fourth-order valence-corrected chi connectivity index (χ4v) is 2.38. The number of aromatic amines is 2. The van der Waals surface area contributed by atoms with Crippen molar-refractivity contribution in [1.29, 1.82) is 0 Å². The number of nitrogens with zero attached hydrogens (tertiary/aromatic N) is 3. The molecule has 0 aliphatic carbocycles. The molecule has 3 aromatic rings. The number of imidazole rings is 1. The maximum Gasteiger partial charge on any atom is 0.208 e. The molecule has 0 spiro atoms. The van der Waals surface area contributed by atoms with Gasteiger partial charge in [0.1, 0.15) is 11.6 Å². The molecule has 0 bridgehead atoms. The number of nitrogens with one attached hydrogen (secondary N) is 2. The number of aryl methyl sites for hydroxylation is 1. The number of nitrogens with two attached hydrogens (primary N) is 1. The molecule has 0 atom stereocenters. The summed E-state index contributed by atoms with van der Waals surface area (Å²) < 4.78 is 0. The van der Waals surface area contributed by atoms with Crippen molar-refractivity contribution in [2.24, 2.45) is 0 Å². The summed E-state index contributed by atoms with van der Waals surface area (Å²) in [5.41, 5.74) is 8.33. The fourth-order valence-electron chi connectivity index (χ4n) is 1.67. The van der Waals surface area contributed by atoms with E-state index < -0.39 is 0 Å². The van der Waals surface area contributed by atoms with Crippen LogP contribution in [-0.2, 0) is 5.75 Å². The predicted molar refractivity (Wildman–Crippen MR) is 71.2 cm³/mol. The molecule has 0 saturated carbocycles. The molecule has 6 nitrogen and oxygen atoms in total. The first-order valence-electron chi connectivity index (χ1n) is 5.46. The number of fused-ring (bicyclic) bond motifs is 1. The largest absolute Gasteiger partial charge is 0.399 e. The van der Waals surface area contributed by atoms with Gasteiger partial charge in [0.25, 0.3) is 0 Å². The molecule has 4 N–H and O–H groups in total. The Kier molecular flexibility index (Phi) is 2.67. The summed E-state index contributed by atoms with van der Waals surface area (Å²) >= 11 is 1.54. The van der Waals surface area contributed by atoms with Crippen LogP contribution in [0, 0.1) is 6.92 Å². The van der Waals surface area contributed by atoms with Crippen LogP contribution in [0.2, 0.25) is 0 Å². The van der Waals surface area contributed by atoms with Crippen molar-refractivity contribution < 1.29 is 0 Å². The van der Waals surface area contributed by atoms with E-state index >= 15 is 0 Å². The summed E-state index contributed by atoms with van der Waals surface area (Å²) in [6.07, 6.45) is 0. The monoisotopic (exact) mass is 260 g/mol. The number of nitrogen functional groups attached to an aromatic ring is 1. The van der Waals surface area contributed by atoms with Gasteiger partial charge in [0.15, 0.2) is 0 Å². The van der Waals surface area contributed by atoms with Gasteiger partial charge in [-0.1, -0.05) is 11.8 Å². The van der Waals surface area contributed by atoms with Gasteiger partial charge in [-0.05, 0) is 25.1 Å². The lowest BCUT2D eigenvalue weighted by atomic mass is 10.3. The van der Waals surface area contributed by atoms with Gasteiger partial charge in [0, 0.05) is 5.69 Å². The van der Waals surface area contributed by atoms with Gasteiger partial charge in [0.05, 0.1) is 16.8 Å². The number of benzene rings is 1. The second-order valence-electron chi connectivity index (χ2n) is 3.95. The van der Waals surface area contributed by atoms with Gasteiger partial charge in [-0.3, -0.25) is 5.10 Å². The summed E-state index contributed by atoms with van der Waals surface area (Å²) in [6, 6.07) is 5.64. The van der Waals surface area contributed by atoms with E-state index in [1.165, 1.54) is 11.8 Å². The summed E-state index contributed by atoms with van der Waals surface area (Å²) in [6.45, 7) is 1.88. The zero-order valence-corrected chi connectivity index (χ0v) is 10.6. The predicted octanol–water partition coefficient (Wildman–Crippen LogP) is 1.86. The van der Waals surface area contributed by atoms with Gasteiger partial charge in [-0.25, -0.2) is 9.97 Å². The van der Waals surface area contributed by atoms with E-state index in [-0.39, 0.29) is 0 Å². The molecule has 0 unspecified atom stereocenters. The van der Waals surface area contributed by atoms with Crippen molar-refractivity contribution in [1.82, 2.24) is 25.1 Å². The second kappa shape index (κ2) is 4.34. The lowest BCUT2D eigenvalue weighted by molar-refractivity contribution is 0.966. The molecule has 92 valence electrons. The maximum absolute atomic E-state index is 5.72. The van der Waals surface area contributed by atoms with Gasteiger partial charge in [0.2, 0.25) is 5.16 Å². The van der Waals surface area contributed by atoms with Gasteiger partial charge in [-0.2, -0.15) is 0 Å². The minimum atomic E-state index is 0.700. The Morgan fingerprint density at radius 3 is 3.00 bits per heavy atom. The third kappa shape index (κ3) is 2.17. The van der Waals surface area contributed by atoms with Crippen LogP contribution in [0.15, 0.2) is 23.4 Å². The molecule has 2 heterocycles. The number of rotatable bonds is 3. The minimum absolute atomic E-state index is 0.700. The average molecular weight is 260 g/mol. The van der Waals surface area contributed by atoms with E-state index in [0.29, 0.717) is 5.75 Å². The molecule has 0 radical (unpaired) electrons. The molecule has 0 fully saturated rings. The van der Waals surface area contributed by atoms with Crippen LogP contribution >= 0.6 is 11.8 Å².